The fraction of sp³-hybridized carbons (Fsp3) is 0.111. The molecule has 1 aromatic carbocycles. The molecule has 0 atom stereocenters. The Hall–Kier alpha value is -3.48. The van der Waals surface area contributed by atoms with E-state index >= 15 is 0 Å². The molecule has 3 aromatic rings. The molecule has 2 N–H and O–H groups in total. The lowest BCUT2D eigenvalue weighted by Crippen LogP contribution is -2.29. The molecular formula is C18H16N4O3. The number of rotatable bonds is 5. The summed E-state index contributed by atoms with van der Waals surface area (Å²) in [7, 11) is 1.59. The van der Waals surface area contributed by atoms with Crippen molar-refractivity contribution in [2.75, 3.05) is 7.11 Å². The summed E-state index contributed by atoms with van der Waals surface area (Å²) in [6.45, 7) is 0.301. The minimum absolute atomic E-state index is 0.00956. The molecule has 0 aliphatic rings. The number of aromatic amines is 1. The molecule has 0 bridgehead atoms. The van der Waals surface area contributed by atoms with Crippen LogP contribution in [0.1, 0.15) is 15.9 Å². The van der Waals surface area contributed by atoms with Crippen molar-refractivity contribution in [3.63, 3.8) is 0 Å². The second-order valence-corrected chi connectivity index (χ2v) is 5.26. The van der Waals surface area contributed by atoms with Crippen LogP contribution < -0.4 is 15.6 Å². The SMILES string of the molecule is COc1ccc(CNC(=O)c2cc(-c3ccncc3)n[nH]c2=O)cc1. The molecule has 1 amide bonds. The van der Waals surface area contributed by atoms with Crippen LogP contribution in [-0.2, 0) is 6.54 Å². The van der Waals surface area contributed by atoms with Gasteiger partial charge in [0.25, 0.3) is 11.5 Å². The van der Waals surface area contributed by atoms with E-state index in [0.29, 0.717) is 12.2 Å². The fourth-order valence-corrected chi connectivity index (χ4v) is 2.27. The molecule has 0 fully saturated rings. The zero-order valence-electron chi connectivity index (χ0n) is 13.5. The van der Waals surface area contributed by atoms with Crippen molar-refractivity contribution in [1.82, 2.24) is 20.5 Å². The molecule has 0 saturated carbocycles. The molecule has 2 aromatic heterocycles. The predicted molar refractivity (Wildman–Crippen MR) is 92.3 cm³/mol. The number of hydrogen-bond acceptors (Lipinski definition) is 5. The highest BCUT2D eigenvalue weighted by atomic mass is 16.5. The lowest BCUT2D eigenvalue weighted by atomic mass is 10.1. The van der Waals surface area contributed by atoms with Crippen molar-refractivity contribution in [3.05, 3.63) is 76.3 Å². The number of nitrogens with zero attached hydrogens (tertiary/aromatic N) is 2. The Bertz CT molecular complexity index is 921. The van der Waals surface area contributed by atoms with Crippen LogP contribution in [0.25, 0.3) is 11.3 Å². The average molecular weight is 336 g/mol. The molecule has 0 aliphatic carbocycles. The Morgan fingerprint density at radius 2 is 1.88 bits per heavy atom. The summed E-state index contributed by atoms with van der Waals surface area (Å²) in [6.07, 6.45) is 3.23. The largest absolute Gasteiger partial charge is 0.497 e. The molecule has 0 spiro atoms. The van der Waals surface area contributed by atoms with E-state index in [-0.39, 0.29) is 5.56 Å². The highest BCUT2D eigenvalue weighted by Gasteiger charge is 2.13. The average Bonchev–Trinajstić information content (AvgIpc) is 2.67. The van der Waals surface area contributed by atoms with Crippen LogP contribution in [0.15, 0.2) is 59.7 Å². The smallest absolute Gasteiger partial charge is 0.277 e. The number of hydrogen-bond donors (Lipinski definition) is 2. The van der Waals surface area contributed by atoms with Gasteiger partial charge in [0.15, 0.2) is 0 Å². The Kier molecular flexibility index (Phi) is 4.84. The van der Waals surface area contributed by atoms with Crippen LogP contribution in [0, 0.1) is 0 Å². The molecule has 25 heavy (non-hydrogen) atoms. The third-order valence-corrected chi connectivity index (χ3v) is 3.64. The topological polar surface area (TPSA) is 97.0 Å². The first-order chi connectivity index (χ1) is 12.2. The van der Waals surface area contributed by atoms with Gasteiger partial charge in [0.05, 0.1) is 12.8 Å². The zero-order valence-corrected chi connectivity index (χ0v) is 13.5. The number of ether oxygens (including phenoxy) is 1. The summed E-state index contributed by atoms with van der Waals surface area (Å²) >= 11 is 0. The number of aromatic nitrogens is 3. The Morgan fingerprint density at radius 1 is 1.16 bits per heavy atom. The van der Waals surface area contributed by atoms with Crippen molar-refractivity contribution in [1.29, 1.82) is 0 Å². The van der Waals surface area contributed by atoms with Gasteiger partial charge < -0.3 is 10.1 Å². The first-order valence-corrected chi connectivity index (χ1v) is 7.58. The normalized spacial score (nSPS) is 10.3. The summed E-state index contributed by atoms with van der Waals surface area (Å²) < 4.78 is 5.09. The summed E-state index contributed by atoms with van der Waals surface area (Å²) in [5, 5.41) is 9.06. The molecule has 0 saturated heterocycles. The highest BCUT2D eigenvalue weighted by Crippen LogP contribution is 2.14. The van der Waals surface area contributed by atoms with Gasteiger partial charge in [-0.25, -0.2) is 5.10 Å². The summed E-state index contributed by atoms with van der Waals surface area (Å²) in [4.78, 5) is 28.2. The van der Waals surface area contributed by atoms with Crippen LogP contribution in [0.5, 0.6) is 5.75 Å². The van der Waals surface area contributed by atoms with Gasteiger partial charge in [-0.2, -0.15) is 5.10 Å². The number of H-pyrrole nitrogens is 1. The van der Waals surface area contributed by atoms with Gasteiger partial charge in [0, 0.05) is 24.5 Å². The maximum absolute atomic E-state index is 12.3. The molecule has 126 valence electrons. The van der Waals surface area contributed by atoms with Crippen LogP contribution in [0.2, 0.25) is 0 Å². The standard InChI is InChI=1S/C18H16N4O3/c1-25-14-4-2-12(3-5-14)11-20-17(23)15-10-16(21-22-18(15)24)13-6-8-19-9-7-13/h2-10H,11H2,1H3,(H,20,23)(H,22,24). The molecule has 0 aliphatic heterocycles. The van der Waals surface area contributed by atoms with Gasteiger partial charge in [-0.3, -0.25) is 14.6 Å². The van der Waals surface area contributed by atoms with Gasteiger partial charge in [-0.15, -0.1) is 0 Å². The monoisotopic (exact) mass is 336 g/mol. The number of pyridine rings is 1. The summed E-state index contributed by atoms with van der Waals surface area (Å²) in [6, 6.07) is 12.3. The van der Waals surface area contributed by atoms with Gasteiger partial charge in [-0.05, 0) is 35.9 Å². The highest BCUT2D eigenvalue weighted by molar-refractivity contribution is 5.94. The van der Waals surface area contributed by atoms with Gasteiger partial charge in [0.2, 0.25) is 0 Å². The van der Waals surface area contributed by atoms with Gasteiger partial charge in [0.1, 0.15) is 11.3 Å². The zero-order chi connectivity index (χ0) is 17.6. The minimum Gasteiger partial charge on any atom is -0.497 e. The van der Waals surface area contributed by atoms with E-state index in [9.17, 15) is 9.59 Å². The third kappa shape index (κ3) is 3.89. The van der Waals surface area contributed by atoms with Crippen molar-refractivity contribution in [2.24, 2.45) is 0 Å². The van der Waals surface area contributed by atoms with E-state index in [2.05, 4.69) is 20.5 Å². The van der Waals surface area contributed by atoms with E-state index in [0.717, 1.165) is 16.9 Å². The maximum atomic E-state index is 12.3. The lowest BCUT2D eigenvalue weighted by molar-refractivity contribution is 0.0949. The van der Waals surface area contributed by atoms with Crippen LogP contribution in [0.4, 0.5) is 0 Å². The minimum atomic E-state index is -0.537. The second kappa shape index (κ2) is 7.39. The number of carbonyl (C=O) groups excluding carboxylic acids is 1. The number of amides is 1. The molecule has 3 rings (SSSR count). The predicted octanol–water partition coefficient (Wildman–Crippen LogP) is 1.77. The van der Waals surface area contributed by atoms with E-state index in [1.54, 1.807) is 31.6 Å². The number of benzene rings is 1. The molecule has 0 radical (unpaired) electrons. The van der Waals surface area contributed by atoms with E-state index < -0.39 is 11.5 Å². The second-order valence-electron chi connectivity index (χ2n) is 5.26. The Balaban J connectivity index is 1.76. The number of carbonyl (C=O) groups is 1. The van der Waals surface area contributed by atoms with Crippen LogP contribution >= 0.6 is 0 Å². The molecule has 0 unspecified atom stereocenters. The number of methoxy groups -OCH3 is 1. The van der Waals surface area contributed by atoms with Crippen LogP contribution in [-0.4, -0.2) is 28.2 Å². The molecule has 2 heterocycles. The fourth-order valence-electron chi connectivity index (χ4n) is 2.27. The first kappa shape index (κ1) is 16.4. The van der Waals surface area contributed by atoms with Gasteiger partial charge in [-0.1, -0.05) is 12.1 Å². The number of nitrogens with one attached hydrogen (secondary N) is 2. The summed E-state index contributed by atoms with van der Waals surface area (Å²) in [5.74, 6) is 0.275. The maximum Gasteiger partial charge on any atom is 0.277 e. The first-order valence-electron chi connectivity index (χ1n) is 7.58. The van der Waals surface area contributed by atoms with Crippen molar-refractivity contribution in [2.45, 2.75) is 6.54 Å². The van der Waals surface area contributed by atoms with E-state index in [1.165, 1.54) is 6.07 Å². The third-order valence-electron chi connectivity index (χ3n) is 3.64. The quantitative estimate of drug-likeness (QED) is 0.740. The lowest BCUT2D eigenvalue weighted by Gasteiger charge is -2.07. The van der Waals surface area contributed by atoms with Gasteiger partial charge >= 0.3 is 0 Å². The van der Waals surface area contributed by atoms with E-state index in [1.807, 2.05) is 24.3 Å². The van der Waals surface area contributed by atoms with Crippen molar-refractivity contribution >= 4 is 5.91 Å². The van der Waals surface area contributed by atoms with E-state index in [4.69, 9.17) is 4.74 Å². The van der Waals surface area contributed by atoms with Crippen molar-refractivity contribution in [3.8, 4) is 17.0 Å². The van der Waals surface area contributed by atoms with Crippen molar-refractivity contribution < 1.29 is 9.53 Å². The Labute approximate surface area is 143 Å². The summed E-state index contributed by atoms with van der Waals surface area (Å²) in [5.41, 5.74) is 1.63. The van der Waals surface area contributed by atoms with Crippen LogP contribution in [0.3, 0.4) is 0 Å². The molecule has 7 heteroatoms. The molecule has 7 nitrogen and oxygen atoms in total. The molecular weight excluding hydrogens is 320 g/mol. The Morgan fingerprint density at radius 3 is 2.56 bits per heavy atom.